The Morgan fingerprint density at radius 1 is 1.54 bits per heavy atom. The van der Waals surface area contributed by atoms with Crippen molar-refractivity contribution in [1.82, 2.24) is 5.43 Å². The molecule has 0 saturated carbocycles. The molecule has 2 amide bonds. The summed E-state index contributed by atoms with van der Waals surface area (Å²) in [4.78, 5) is 10.8. The van der Waals surface area contributed by atoms with Crippen molar-refractivity contribution in [2.24, 2.45) is 5.84 Å². The number of hydrazine groups is 1. The van der Waals surface area contributed by atoms with E-state index in [2.05, 4.69) is 21.2 Å². The second-order valence-corrected chi connectivity index (χ2v) is 3.49. The van der Waals surface area contributed by atoms with E-state index in [1.54, 1.807) is 18.2 Å². The number of carbonyl (C=O) groups excluding carboxylic acids is 1. The van der Waals surface area contributed by atoms with Gasteiger partial charge < -0.3 is 5.32 Å². The molecule has 70 valence electrons. The van der Waals surface area contributed by atoms with Crippen molar-refractivity contribution in [2.75, 3.05) is 5.32 Å². The van der Waals surface area contributed by atoms with Crippen LogP contribution in [0, 0.1) is 0 Å². The predicted molar refractivity (Wildman–Crippen MR) is 55.5 cm³/mol. The van der Waals surface area contributed by atoms with Crippen LogP contribution in [0.25, 0.3) is 0 Å². The van der Waals surface area contributed by atoms with Gasteiger partial charge in [-0.15, -0.1) is 0 Å². The first kappa shape index (κ1) is 10.3. The van der Waals surface area contributed by atoms with Gasteiger partial charge in [0, 0.05) is 10.2 Å². The average molecular weight is 265 g/mol. The number of urea groups is 1. The minimum Gasteiger partial charge on any atom is -0.307 e. The Kier molecular flexibility index (Phi) is 3.53. The molecule has 0 saturated heterocycles. The van der Waals surface area contributed by atoms with Gasteiger partial charge in [0.05, 0.1) is 5.02 Å². The smallest absolute Gasteiger partial charge is 0.307 e. The van der Waals surface area contributed by atoms with E-state index >= 15 is 0 Å². The molecule has 0 heterocycles. The quantitative estimate of drug-likeness (QED) is 0.413. The first-order valence-corrected chi connectivity index (χ1v) is 4.53. The van der Waals surface area contributed by atoms with Gasteiger partial charge in [-0.3, -0.25) is 5.43 Å². The van der Waals surface area contributed by atoms with E-state index in [-0.39, 0.29) is 0 Å². The van der Waals surface area contributed by atoms with Crippen LogP contribution < -0.4 is 16.6 Å². The lowest BCUT2D eigenvalue weighted by Crippen LogP contribution is -2.34. The minimum atomic E-state index is -0.478. The monoisotopic (exact) mass is 263 g/mol. The molecule has 6 heteroatoms. The maximum Gasteiger partial charge on any atom is 0.333 e. The van der Waals surface area contributed by atoms with Crippen LogP contribution >= 0.6 is 27.5 Å². The van der Waals surface area contributed by atoms with Crippen molar-refractivity contribution in [1.29, 1.82) is 0 Å². The largest absolute Gasteiger partial charge is 0.333 e. The molecule has 0 spiro atoms. The summed E-state index contributed by atoms with van der Waals surface area (Å²) in [6.45, 7) is 0. The van der Waals surface area contributed by atoms with E-state index in [0.717, 1.165) is 0 Å². The molecular weight excluding hydrogens is 257 g/mol. The lowest BCUT2D eigenvalue weighted by molar-refractivity contribution is 0.252. The van der Waals surface area contributed by atoms with Gasteiger partial charge in [-0.2, -0.15) is 0 Å². The summed E-state index contributed by atoms with van der Waals surface area (Å²) >= 11 is 8.97. The molecular formula is C7H7BrClN3O. The second kappa shape index (κ2) is 4.45. The molecule has 4 nitrogen and oxygen atoms in total. The number of hydrogen-bond donors (Lipinski definition) is 3. The van der Waals surface area contributed by atoms with Crippen molar-refractivity contribution < 1.29 is 4.79 Å². The van der Waals surface area contributed by atoms with Crippen molar-refractivity contribution >= 4 is 39.2 Å². The standard InChI is InChI=1S/C7H7BrClN3O/c8-5-3-4(1-2-6(5)9)11-7(13)12-10/h1-3H,10H2,(H2,11,12,13). The summed E-state index contributed by atoms with van der Waals surface area (Å²) in [5.74, 6) is 4.89. The van der Waals surface area contributed by atoms with Gasteiger partial charge in [0.2, 0.25) is 0 Å². The number of nitrogens with one attached hydrogen (secondary N) is 2. The summed E-state index contributed by atoms with van der Waals surface area (Å²) < 4.78 is 0.712. The molecule has 0 unspecified atom stereocenters. The zero-order valence-electron chi connectivity index (χ0n) is 6.47. The predicted octanol–water partition coefficient (Wildman–Crippen LogP) is 2.10. The fourth-order valence-corrected chi connectivity index (χ4v) is 1.24. The van der Waals surface area contributed by atoms with Crippen molar-refractivity contribution in [3.63, 3.8) is 0 Å². The van der Waals surface area contributed by atoms with Crippen LogP contribution in [0.4, 0.5) is 10.5 Å². The summed E-state index contributed by atoms with van der Waals surface area (Å²) in [5, 5.41) is 3.08. The topological polar surface area (TPSA) is 67.1 Å². The molecule has 0 radical (unpaired) electrons. The molecule has 0 aromatic heterocycles. The third kappa shape index (κ3) is 2.87. The van der Waals surface area contributed by atoms with Gasteiger partial charge >= 0.3 is 6.03 Å². The van der Waals surface area contributed by atoms with Crippen LogP contribution in [0.15, 0.2) is 22.7 Å². The van der Waals surface area contributed by atoms with E-state index in [1.165, 1.54) is 0 Å². The molecule has 1 aromatic rings. The number of halogens is 2. The number of carbonyl (C=O) groups is 1. The lowest BCUT2D eigenvalue weighted by Gasteiger charge is -2.04. The Bertz CT molecular complexity index is 332. The molecule has 0 bridgehead atoms. The summed E-state index contributed by atoms with van der Waals surface area (Å²) in [5.41, 5.74) is 2.56. The fraction of sp³-hybridized carbons (Fsp3) is 0. The molecule has 0 fully saturated rings. The minimum absolute atomic E-state index is 0.478. The Morgan fingerprint density at radius 3 is 2.77 bits per heavy atom. The van der Waals surface area contributed by atoms with Crippen LogP contribution in [0.3, 0.4) is 0 Å². The third-order valence-corrected chi connectivity index (χ3v) is 2.52. The summed E-state index contributed by atoms with van der Waals surface area (Å²) in [6, 6.07) is 4.53. The van der Waals surface area contributed by atoms with E-state index in [4.69, 9.17) is 17.4 Å². The van der Waals surface area contributed by atoms with Crippen molar-refractivity contribution in [2.45, 2.75) is 0 Å². The fourth-order valence-electron chi connectivity index (χ4n) is 0.741. The number of amides is 2. The molecule has 13 heavy (non-hydrogen) atoms. The van der Waals surface area contributed by atoms with Crippen LogP contribution in [-0.2, 0) is 0 Å². The summed E-state index contributed by atoms with van der Waals surface area (Å²) in [7, 11) is 0. The van der Waals surface area contributed by atoms with Crippen LogP contribution in [-0.4, -0.2) is 6.03 Å². The van der Waals surface area contributed by atoms with E-state index < -0.39 is 6.03 Å². The van der Waals surface area contributed by atoms with Crippen molar-refractivity contribution in [3.05, 3.63) is 27.7 Å². The summed E-state index contributed by atoms with van der Waals surface area (Å²) in [6.07, 6.45) is 0. The molecule has 4 N–H and O–H groups in total. The van der Waals surface area contributed by atoms with Crippen LogP contribution in [0.1, 0.15) is 0 Å². The molecule has 1 rings (SSSR count). The maximum absolute atomic E-state index is 10.8. The van der Waals surface area contributed by atoms with Gasteiger partial charge in [-0.05, 0) is 34.1 Å². The highest BCUT2D eigenvalue weighted by Crippen LogP contribution is 2.25. The Balaban J connectivity index is 2.79. The molecule has 0 aliphatic carbocycles. The average Bonchev–Trinajstić information content (AvgIpc) is 2.11. The molecule has 1 aromatic carbocycles. The number of anilines is 1. The van der Waals surface area contributed by atoms with E-state index in [1.807, 2.05) is 5.43 Å². The van der Waals surface area contributed by atoms with E-state index in [0.29, 0.717) is 15.2 Å². The number of nitrogens with two attached hydrogens (primary N) is 1. The Hall–Kier alpha value is -0.780. The molecule has 0 aliphatic heterocycles. The normalized spacial score (nSPS) is 9.46. The Labute approximate surface area is 88.5 Å². The van der Waals surface area contributed by atoms with Gasteiger partial charge in [-0.25, -0.2) is 10.6 Å². The highest BCUT2D eigenvalue weighted by atomic mass is 79.9. The van der Waals surface area contributed by atoms with Gasteiger partial charge in [0.15, 0.2) is 0 Å². The van der Waals surface area contributed by atoms with Crippen molar-refractivity contribution in [3.8, 4) is 0 Å². The molecule has 0 atom stereocenters. The van der Waals surface area contributed by atoms with Gasteiger partial charge in [0.25, 0.3) is 0 Å². The van der Waals surface area contributed by atoms with Gasteiger partial charge in [-0.1, -0.05) is 11.6 Å². The maximum atomic E-state index is 10.8. The highest BCUT2D eigenvalue weighted by Gasteiger charge is 2.01. The zero-order chi connectivity index (χ0) is 9.84. The third-order valence-electron chi connectivity index (χ3n) is 1.31. The lowest BCUT2D eigenvalue weighted by atomic mass is 10.3. The van der Waals surface area contributed by atoms with Crippen LogP contribution in [0.2, 0.25) is 5.02 Å². The number of rotatable bonds is 1. The Morgan fingerprint density at radius 2 is 2.23 bits per heavy atom. The highest BCUT2D eigenvalue weighted by molar-refractivity contribution is 9.10. The first-order valence-electron chi connectivity index (χ1n) is 3.36. The first-order chi connectivity index (χ1) is 6.13. The van der Waals surface area contributed by atoms with Gasteiger partial charge in [0.1, 0.15) is 0 Å². The zero-order valence-corrected chi connectivity index (χ0v) is 8.82. The SMILES string of the molecule is NNC(=O)Nc1ccc(Cl)c(Br)c1. The number of hydrogen-bond acceptors (Lipinski definition) is 2. The van der Waals surface area contributed by atoms with Crippen LogP contribution in [0.5, 0.6) is 0 Å². The van der Waals surface area contributed by atoms with E-state index in [9.17, 15) is 4.79 Å². The molecule has 0 aliphatic rings. The second-order valence-electron chi connectivity index (χ2n) is 2.23. The number of benzene rings is 1.